The Morgan fingerprint density at radius 2 is 2.27 bits per heavy atom. The van der Waals surface area contributed by atoms with Crippen LogP contribution < -0.4 is 0 Å². The third kappa shape index (κ3) is 2.89. The van der Waals surface area contributed by atoms with Gasteiger partial charge in [0.05, 0.1) is 16.6 Å². The zero-order valence-electron chi connectivity index (χ0n) is 7.68. The molecular formula is C10H7BrN2O2. The molecule has 0 bridgehead atoms. The molecule has 0 spiro atoms. The summed E-state index contributed by atoms with van der Waals surface area (Å²) in [6.07, 6.45) is 1.51. The van der Waals surface area contributed by atoms with Crippen molar-refractivity contribution in [2.75, 3.05) is 5.33 Å². The molecule has 0 amide bonds. The maximum absolute atomic E-state index is 10.7. The summed E-state index contributed by atoms with van der Waals surface area (Å²) >= 11 is 3.13. The SMILES string of the molecule is N#C/C(=C\c1ccccc1[N+](=O)[O-])CBr. The molecule has 4 nitrogen and oxygen atoms in total. The third-order valence-electron chi connectivity index (χ3n) is 1.75. The van der Waals surface area contributed by atoms with Gasteiger partial charge in [-0.3, -0.25) is 10.1 Å². The number of para-hydroxylation sites is 1. The van der Waals surface area contributed by atoms with Crippen LogP contribution in [0.1, 0.15) is 5.56 Å². The molecule has 1 rings (SSSR count). The summed E-state index contributed by atoms with van der Waals surface area (Å²) in [5.74, 6) is 0. The molecule has 0 heterocycles. The van der Waals surface area contributed by atoms with Crippen molar-refractivity contribution in [3.8, 4) is 6.07 Å². The van der Waals surface area contributed by atoms with Crippen molar-refractivity contribution in [3.63, 3.8) is 0 Å². The van der Waals surface area contributed by atoms with Crippen LogP contribution in [0.5, 0.6) is 0 Å². The number of halogens is 1. The highest BCUT2D eigenvalue weighted by Gasteiger charge is 2.10. The summed E-state index contributed by atoms with van der Waals surface area (Å²) in [6.45, 7) is 0. The maximum Gasteiger partial charge on any atom is 0.276 e. The lowest BCUT2D eigenvalue weighted by Gasteiger charge is -1.97. The van der Waals surface area contributed by atoms with Crippen LogP contribution in [-0.4, -0.2) is 10.3 Å². The van der Waals surface area contributed by atoms with Crippen molar-refractivity contribution in [1.29, 1.82) is 5.26 Å². The number of hydrogen-bond acceptors (Lipinski definition) is 3. The van der Waals surface area contributed by atoms with Crippen molar-refractivity contribution < 1.29 is 4.92 Å². The second-order valence-corrected chi connectivity index (χ2v) is 3.29. The second kappa shape index (κ2) is 5.27. The van der Waals surface area contributed by atoms with Gasteiger partial charge in [-0.1, -0.05) is 28.1 Å². The first-order chi connectivity index (χ1) is 7.19. The molecule has 0 aliphatic heterocycles. The topological polar surface area (TPSA) is 66.9 Å². The van der Waals surface area contributed by atoms with E-state index in [-0.39, 0.29) is 5.69 Å². The average Bonchev–Trinajstić information content (AvgIpc) is 2.26. The van der Waals surface area contributed by atoms with Gasteiger partial charge in [0.15, 0.2) is 0 Å². The quantitative estimate of drug-likeness (QED) is 0.366. The number of benzene rings is 1. The number of allylic oxidation sites excluding steroid dienone is 1. The van der Waals surface area contributed by atoms with E-state index in [9.17, 15) is 10.1 Å². The molecule has 0 N–H and O–H groups in total. The number of rotatable bonds is 3. The van der Waals surface area contributed by atoms with Gasteiger partial charge in [0.2, 0.25) is 0 Å². The van der Waals surface area contributed by atoms with E-state index in [0.717, 1.165) is 0 Å². The minimum absolute atomic E-state index is 0.00574. The highest BCUT2D eigenvalue weighted by molar-refractivity contribution is 9.09. The summed E-state index contributed by atoms with van der Waals surface area (Å²) in [4.78, 5) is 10.2. The van der Waals surface area contributed by atoms with Crippen LogP contribution in [0.25, 0.3) is 6.08 Å². The lowest BCUT2D eigenvalue weighted by Crippen LogP contribution is -1.91. The fourth-order valence-corrected chi connectivity index (χ4v) is 1.35. The first-order valence-electron chi connectivity index (χ1n) is 4.09. The predicted octanol–water partition coefficient (Wildman–Crippen LogP) is 2.90. The first kappa shape index (κ1) is 11.4. The summed E-state index contributed by atoms with van der Waals surface area (Å²) in [5.41, 5.74) is 0.897. The molecule has 0 aliphatic carbocycles. The Labute approximate surface area is 95.1 Å². The minimum Gasteiger partial charge on any atom is -0.258 e. The van der Waals surface area contributed by atoms with Gasteiger partial charge in [0.25, 0.3) is 5.69 Å². The van der Waals surface area contributed by atoms with Crippen LogP contribution in [-0.2, 0) is 0 Å². The molecule has 0 fully saturated rings. The molecule has 0 aliphatic rings. The van der Waals surface area contributed by atoms with E-state index < -0.39 is 4.92 Å². The number of hydrogen-bond donors (Lipinski definition) is 0. The number of alkyl halides is 1. The van der Waals surface area contributed by atoms with E-state index in [0.29, 0.717) is 16.5 Å². The van der Waals surface area contributed by atoms with Gasteiger partial charge in [-0.15, -0.1) is 0 Å². The van der Waals surface area contributed by atoms with Gasteiger partial charge in [-0.2, -0.15) is 5.26 Å². The van der Waals surface area contributed by atoms with Crippen LogP contribution in [0, 0.1) is 21.4 Å². The molecular weight excluding hydrogens is 260 g/mol. The number of nitrogens with zero attached hydrogens (tertiary/aromatic N) is 2. The highest BCUT2D eigenvalue weighted by atomic mass is 79.9. The molecule has 0 saturated heterocycles. The fraction of sp³-hybridized carbons (Fsp3) is 0.100. The Kier molecular flexibility index (Phi) is 4.01. The lowest BCUT2D eigenvalue weighted by atomic mass is 10.1. The molecule has 0 unspecified atom stereocenters. The van der Waals surface area contributed by atoms with E-state index in [1.54, 1.807) is 18.2 Å². The van der Waals surface area contributed by atoms with Crippen LogP contribution >= 0.6 is 15.9 Å². The normalized spacial score (nSPS) is 10.8. The Morgan fingerprint density at radius 3 is 2.80 bits per heavy atom. The average molecular weight is 267 g/mol. The van der Waals surface area contributed by atoms with Crippen molar-refractivity contribution in [2.24, 2.45) is 0 Å². The lowest BCUT2D eigenvalue weighted by molar-refractivity contribution is -0.385. The van der Waals surface area contributed by atoms with Gasteiger partial charge in [0.1, 0.15) is 0 Å². The van der Waals surface area contributed by atoms with E-state index in [4.69, 9.17) is 5.26 Å². The van der Waals surface area contributed by atoms with Gasteiger partial charge >= 0.3 is 0 Å². The van der Waals surface area contributed by atoms with E-state index in [1.165, 1.54) is 12.1 Å². The summed E-state index contributed by atoms with van der Waals surface area (Å²) in [7, 11) is 0. The van der Waals surface area contributed by atoms with Gasteiger partial charge in [-0.25, -0.2) is 0 Å². The van der Waals surface area contributed by atoms with Crippen LogP contribution in [0.3, 0.4) is 0 Å². The monoisotopic (exact) mass is 266 g/mol. The Bertz CT molecular complexity index is 449. The molecule has 1 aromatic rings. The maximum atomic E-state index is 10.7. The van der Waals surface area contributed by atoms with Crippen molar-refractivity contribution in [2.45, 2.75) is 0 Å². The molecule has 0 atom stereocenters. The Balaban J connectivity index is 3.21. The molecule has 76 valence electrons. The smallest absolute Gasteiger partial charge is 0.258 e. The predicted molar refractivity (Wildman–Crippen MR) is 60.5 cm³/mol. The van der Waals surface area contributed by atoms with E-state index >= 15 is 0 Å². The van der Waals surface area contributed by atoms with Gasteiger partial charge < -0.3 is 0 Å². The van der Waals surface area contributed by atoms with Crippen LogP contribution in [0.2, 0.25) is 0 Å². The molecule has 0 aromatic heterocycles. The van der Waals surface area contributed by atoms with Crippen molar-refractivity contribution in [1.82, 2.24) is 0 Å². The molecule has 1 aromatic carbocycles. The summed E-state index contributed by atoms with van der Waals surface area (Å²) in [6, 6.07) is 8.27. The minimum atomic E-state index is -0.463. The van der Waals surface area contributed by atoms with Crippen LogP contribution in [0.15, 0.2) is 29.8 Å². The van der Waals surface area contributed by atoms with Crippen molar-refractivity contribution >= 4 is 27.7 Å². The van der Waals surface area contributed by atoms with E-state index in [2.05, 4.69) is 15.9 Å². The van der Waals surface area contributed by atoms with Crippen molar-refractivity contribution in [3.05, 3.63) is 45.5 Å². The number of nitriles is 1. The Morgan fingerprint density at radius 1 is 1.60 bits per heavy atom. The number of nitro benzene ring substituents is 1. The summed E-state index contributed by atoms with van der Waals surface area (Å²) < 4.78 is 0. The highest BCUT2D eigenvalue weighted by Crippen LogP contribution is 2.20. The molecule has 15 heavy (non-hydrogen) atoms. The molecule has 5 heteroatoms. The zero-order valence-corrected chi connectivity index (χ0v) is 9.27. The van der Waals surface area contributed by atoms with E-state index in [1.807, 2.05) is 6.07 Å². The molecule has 0 radical (unpaired) electrons. The van der Waals surface area contributed by atoms with Crippen LogP contribution in [0.4, 0.5) is 5.69 Å². The number of nitro groups is 1. The fourth-order valence-electron chi connectivity index (χ4n) is 1.06. The largest absolute Gasteiger partial charge is 0.276 e. The second-order valence-electron chi connectivity index (χ2n) is 2.73. The first-order valence-corrected chi connectivity index (χ1v) is 5.21. The van der Waals surface area contributed by atoms with Gasteiger partial charge in [0, 0.05) is 17.0 Å². The summed E-state index contributed by atoms with van der Waals surface area (Å²) in [5, 5.41) is 19.7. The van der Waals surface area contributed by atoms with Gasteiger partial charge in [-0.05, 0) is 12.1 Å². The molecule has 0 saturated carbocycles. The Hall–Kier alpha value is -1.67. The zero-order chi connectivity index (χ0) is 11.3. The standard InChI is InChI=1S/C10H7BrN2O2/c11-6-8(7-12)5-9-3-1-2-4-10(9)13(14)15/h1-5H,6H2/b8-5-. The third-order valence-corrected chi connectivity index (χ3v) is 2.35.